The summed E-state index contributed by atoms with van der Waals surface area (Å²) < 4.78 is 5.79. The van der Waals surface area contributed by atoms with E-state index in [2.05, 4.69) is 24.0 Å². The Balaban J connectivity index is 1.66. The quantitative estimate of drug-likeness (QED) is 0.424. The van der Waals surface area contributed by atoms with E-state index in [1.165, 1.54) is 5.56 Å². The SMILES string of the molecule is CCc1ccc(N=Cc2ccc(OCc3ccccc3Cl)c(Cl)c2)cc1. The lowest BCUT2D eigenvalue weighted by Gasteiger charge is -2.09. The Hall–Kier alpha value is -2.29. The van der Waals surface area contributed by atoms with Crippen LogP contribution in [0.3, 0.4) is 0 Å². The van der Waals surface area contributed by atoms with Crippen molar-refractivity contribution in [2.24, 2.45) is 4.99 Å². The number of benzene rings is 3. The average Bonchev–Trinajstić information content (AvgIpc) is 2.67. The smallest absolute Gasteiger partial charge is 0.138 e. The van der Waals surface area contributed by atoms with Crippen LogP contribution in [0.1, 0.15) is 23.6 Å². The predicted molar refractivity (Wildman–Crippen MR) is 110 cm³/mol. The van der Waals surface area contributed by atoms with E-state index in [0.717, 1.165) is 23.2 Å². The Bertz CT molecular complexity index is 904. The Kier molecular flexibility index (Phi) is 6.32. The Morgan fingerprint density at radius 3 is 2.38 bits per heavy atom. The van der Waals surface area contributed by atoms with Gasteiger partial charge < -0.3 is 4.74 Å². The van der Waals surface area contributed by atoms with Crippen LogP contribution in [0.2, 0.25) is 10.0 Å². The summed E-state index contributed by atoms with van der Waals surface area (Å²) in [6.45, 7) is 2.51. The third kappa shape index (κ3) is 4.87. The molecular weight excluding hydrogens is 365 g/mol. The first-order valence-corrected chi connectivity index (χ1v) is 9.20. The highest BCUT2D eigenvalue weighted by Crippen LogP contribution is 2.27. The lowest BCUT2D eigenvalue weighted by atomic mass is 10.1. The zero-order valence-corrected chi connectivity index (χ0v) is 16.0. The summed E-state index contributed by atoms with van der Waals surface area (Å²) in [5.41, 5.74) is 4.05. The predicted octanol–water partition coefficient (Wildman–Crippen LogP) is 6.89. The second-order valence-electron chi connectivity index (χ2n) is 5.85. The van der Waals surface area contributed by atoms with E-state index >= 15 is 0 Å². The van der Waals surface area contributed by atoms with Gasteiger partial charge in [-0.1, -0.05) is 60.5 Å². The van der Waals surface area contributed by atoms with Crippen molar-refractivity contribution >= 4 is 35.1 Å². The zero-order chi connectivity index (χ0) is 18.4. The van der Waals surface area contributed by atoms with E-state index < -0.39 is 0 Å². The molecule has 0 radical (unpaired) electrons. The number of rotatable bonds is 6. The first kappa shape index (κ1) is 18.5. The van der Waals surface area contributed by atoms with Crippen LogP contribution in [0.4, 0.5) is 5.69 Å². The molecule has 0 amide bonds. The van der Waals surface area contributed by atoms with Gasteiger partial charge in [0.2, 0.25) is 0 Å². The van der Waals surface area contributed by atoms with Gasteiger partial charge >= 0.3 is 0 Å². The van der Waals surface area contributed by atoms with Crippen LogP contribution in [-0.4, -0.2) is 6.21 Å². The zero-order valence-electron chi connectivity index (χ0n) is 14.5. The van der Waals surface area contributed by atoms with E-state index in [4.69, 9.17) is 27.9 Å². The van der Waals surface area contributed by atoms with E-state index in [1.807, 2.05) is 54.6 Å². The fourth-order valence-corrected chi connectivity index (χ4v) is 2.89. The molecule has 0 fully saturated rings. The molecule has 0 atom stereocenters. The van der Waals surface area contributed by atoms with E-state index in [0.29, 0.717) is 22.4 Å². The summed E-state index contributed by atoms with van der Waals surface area (Å²) >= 11 is 12.5. The molecule has 0 bridgehead atoms. The van der Waals surface area contributed by atoms with E-state index in [-0.39, 0.29) is 0 Å². The minimum atomic E-state index is 0.372. The van der Waals surface area contributed by atoms with Gasteiger partial charge in [0.15, 0.2) is 0 Å². The Morgan fingerprint density at radius 1 is 0.923 bits per heavy atom. The molecule has 3 rings (SSSR count). The number of hydrogen-bond acceptors (Lipinski definition) is 2. The maximum atomic E-state index is 6.34. The van der Waals surface area contributed by atoms with Gasteiger partial charge in [-0.15, -0.1) is 0 Å². The number of ether oxygens (including phenoxy) is 1. The molecule has 0 saturated carbocycles. The largest absolute Gasteiger partial charge is 0.487 e. The first-order chi connectivity index (χ1) is 12.7. The molecule has 0 aliphatic heterocycles. The normalized spacial score (nSPS) is 11.0. The average molecular weight is 384 g/mol. The monoisotopic (exact) mass is 383 g/mol. The summed E-state index contributed by atoms with van der Waals surface area (Å²) in [5, 5.41) is 1.23. The number of aliphatic imine (C=N–C) groups is 1. The summed E-state index contributed by atoms with van der Waals surface area (Å²) in [4.78, 5) is 4.49. The van der Waals surface area contributed by atoms with Gasteiger partial charge in [0.1, 0.15) is 12.4 Å². The molecule has 0 aliphatic carbocycles. The van der Waals surface area contributed by atoms with Gasteiger partial charge in [-0.25, -0.2) is 0 Å². The summed E-state index contributed by atoms with van der Waals surface area (Å²) in [6.07, 6.45) is 2.82. The number of nitrogens with zero attached hydrogens (tertiary/aromatic N) is 1. The maximum Gasteiger partial charge on any atom is 0.138 e. The minimum Gasteiger partial charge on any atom is -0.487 e. The van der Waals surface area contributed by atoms with Crippen molar-refractivity contribution in [1.29, 1.82) is 0 Å². The van der Waals surface area contributed by atoms with E-state index in [1.54, 1.807) is 6.21 Å². The lowest BCUT2D eigenvalue weighted by Crippen LogP contribution is -1.97. The fraction of sp³-hybridized carbons (Fsp3) is 0.136. The minimum absolute atomic E-state index is 0.372. The van der Waals surface area contributed by atoms with Gasteiger partial charge in [-0.3, -0.25) is 4.99 Å². The Labute approximate surface area is 164 Å². The molecule has 0 spiro atoms. The van der Waals surface area contributed by atoms with Crippen LogP contribution >= 0.6 is 23.2 Å². The molecule has 0 aromatic heterocycles. The number of halogens is 2. The topological polar surface area (TPSA) is 21.6 Å². The van der Waals surface area contributed by atoms with Crippen LogP contribution < -0.4 is 4.74 Å². The van der Waals surface area contributed by atoms with Crippen LogP contribution in [0.5, 0.6) is 5.75 Å². The molecule has 0 N–H and O–H groups in total. The van der Waals surface area contributed by atoms with Crippen molar-refractivity contribution in [1.82, 2.24) is 0 Å². The van der Waals surface area contributed by atoms with Crippen LogP contribution in [0, 0.1) is 0 Å². The van der Waals surface area contributed by atoms with Crippen molar-refractivity contribution in [3.05, 3.63) is 93.5 Å². The van der Waals surface area contributed by atoms with Crippen LogP contribution in [-0.2, 0) is 13.0 Å². The summed E-state index contributed by atoms with van der Waals surface area (Å²) in [6, 6.07) is 21.4. The molecule has 2 nitrogen and oxygen atoms in total. The summed E-state index contributed by atoms with van der Waals surface area (Å²) in [5.74, 6) is 0.621. The third-order valence-corrected chi connectivity index (χ3v) is 4.67. The second-order valence-corrected chi connectivity index (χ2v) is 6.66. The highest BCUT2D eigenvalue weighted by atomic mass is 35.5. The third-order valence-electron chi connectivity index (χ3n) is 4.00. The van der Waals surface area contributed by atoms with Crippen molar-refractivity contribution < 1.29 is 4.74 Å². The number of aryl methyl sites for hydroxylation is 1. The van der Waals surface area contributed by atoms with Gasteiger partial charge in [0.05, 0.1) is 10.7 Å². The lowest BCUT2D eigenvalue weighted by molar-refractivity contribution is 0.306. The molecule has 132 valence electrons. The summed E-state index contributed by atoms with van der Waals surface area (Å²) in [7, 11) is 0. The number of hydrogen-bond donors (Lipinski definition) is 0. The molecule has 0 heterocycles. The first-order valence-electron chi connectivity index (χ1n) is 8.44. The van der Waals surface area contributed by atoms with E-state index in [9.17, 15) is 0 Å². The maximum absolute atomic E-state index is 6.34. The molecule has 0 aliphatic rings. The van der Waals surface area contributed by atoms with Crippen molar-refractivity contribution in [2.45, 2.75) is 20.0 Å². The molecule has 3 aromatic carbocycles. The molecule has 0 saturated heterocycles. The fourth-order valence-electron chi connectivity index (χ4n) is 2.45. The van der Waals surface area contributed by atoms with Gasteiger partial charge in [0.25, 0.3) is 0 Å². The van der Waals surface area contributed by atoms with Crippen LogP contribution in [0.25, 0.3) is 0 Å². The van der Waals surface area contributed by atoms with Gasteiger partial charge in [-0.05, 0) is 53.9 Å². The molecule has 0 unspecified atom stereocenters. The van der Waals surface area contributed by atoms with Gasteiger partial charge in [-0.2, -0.15) is 0 Å². The second kappa shape index (κ2) is 8.88. The molecular formula is C22H19Cl2NO. The van der Waals surface area contributed by atoms with Crippen molar-refractivity contribution in [2.75, 3.05) is 0 Å². The van der Waals surface area contributed by atoms with Gasteiger partial charge in [0, 0.05) is 16.8 Å². The standard InChI is InChI=1S/C22H19Cl2NO/c1-2-16-7-10-19(11-8-16)25-14-17-9-12-22(21(24)13-17)26-15-18-5-3-4-6-20(18)23/h3-14H,2,15H2,1H3. The van der Waals surface area contributed by atoms with Crippen LogP contribution in [0.15, 0.2) is 71.7 Å². The molecule has 3 aromatic rings. The Morgan fingerprint density at radius 2 is 1.69 bits per heavy atom. The highest BCUT2D eigenvalue weighted by Gasteiger charge is 2.05. The molecule has 26 heavy (non-hydrogen) atoms. The molecule has 4 heteroatoms. The highest BCUT2D eigenvalue weighted by molar-refractivity contribution is 6.32. The van der Waals surface area contributed by atoms with Crippen molar-refractivity contribution in [3.8, 4) is 5.75 Å². The van der Waals surface area contributed by atoms with Crippen molar-refractivity contribution in [3.63, 3.8) is 0 Å².